The molecule has 17 heavy (non-hydrogen) atoms. The fourth-order valence-corrected chi connectivity index (χ4v) is 1.79. The van der Waals surface area contributed by atoms with Gasteiger partial charge in [0.05, 0.1) is 5.69 Å². The third-order valence-electron chi connectivity index (χ3n) is 2.82. The van der Waals surface area contributed by atoms with Crippen molar-refractivity contribution in [3.63, 3.8) is 0 Å². The number of aromatic nitrogens is 2. The van der Waals surface area contributed by atoms with Gasteiger partial charge < -0.3 is 5.32 Å². The summed E-state index contributed by atoms with van der Waals surface area (Å²) >= 11 is 0. The second-order valence-corrected chi connectivity index (χ2v) is 4.47. The first-order valence-electron chi connectivity index (χ1n) is 6.10. The number of nitrogens with one attached hydrogen (secondary N) is 2. The molecular weight excluding hydrogens is 210 g/mol. The molecule has 0 aliphatic heterocycles. The van der Waals surface area contributed by atoms with Crippen LogP contribution < -0.4 is 5.32 Å². The Labute approximate surface area is 102 Å². The third-order valence-corrected chi connectivity index (χ3v) is 2.82. The molecule has 2 rings (SSSR count). The smallest absolute Gasteiger partial charge is 0.148 e. The van der Waals surface area contributed by atoms with Crippen LogP contribution in [-0.2, 0) is 0 Å². The van der Waals surface area contributed by atoms with Crippen LogP contribution in [0.25, 0.3) is 11.3 Å². The zero-order chi connectivity index (χ0) is 12.3. The normalized spacial score (nSPS) is 10.8. The molecule has 90 valence electrons. The summed E-state index contributed by atoms with van der Waals surface area (Å²) in [4.78, 5) is 0. The van der Waals surface area contributed by atoms with E-state index in [4.69, 9.17) is 0 Å². The van der Waals surface area contributed by atoms with E-state index < -0.39 is 0 Å². The number of H-pyrrole nitrogens is 1. The summed E-state index contributed by atoms with van der Waals surface area (Å²) in [6.07, 6.45) is 0. The third kappa shape index (κ3) is 2.67. The van der Waals surface area contributed by atoms with E-state index in [1.807, 2.05) is 6.07 Å². The largest absolute Gasteiger partial charge is 0.369 e. The Kier molecular flexibility index (Phi) is 3.47. The van der Waals surface area contributed by atoms with Gasteiger partial charge in [0.1, 0.15) is 5.82 Å². The van der Waals surface area contributed by atoms with Gasteiger partial charge in [0, 0.05) is 12.6 Å². The number of nitrogens with zero attached hydrogens (tertiary/aromatic N) is 1. The zero-order valence-corrected chi connectivity index (χ0v) is 10.6. The van der Waals surface area contributed by atoms with Gasteiger partial charge >= 0.3 is 0 Å². The number of aromatic amines is 1. The van der Waals surface area contributed by atoms with Crippen LogP contribution in [0.5, 0.6) is 0 Å². The average molecular weight is 229 g/mol. The summed E-state index contributed by atoms with van der Waals surface area (Å²) in [6, 6.07) is 10.7. The van der Waals surface area contributed by atoms with E-state index in [9.17, 15) is 0 Å². The molecule has 0 aliphatic rings. The van der Waals surface area contributed by atoms with E-state index in [1.54, 1.807) is 0 Å². The molecule has 0 aliphatic carbocycles. The van der Waals surface area contributed by atoms with Gasteiger partial charge in [0.2, 0.25) is 0 Å². The molecule has 1 aromatic heterocycles. The number of benzene rings is 1. The molecule has 0 atom stereocenters. The minimum absolute atomic E-state index is 0.572. The van der Waals surface area contributed by atoms with E-state index in [0.717, 1.165) is 18.1 Å². The number of anilines is 1. The van der Waals surface area contributed by atoms with Crippen molar-refractivity contribution in [3.8, 4) is 11.3 Å². The Bertz CT molecular complexity index is 468. The van der Waals surface area contributed by atoms with E-state index in [-0.39, 0.29) is 0 Å². The van der Waals surface area contributed by atoms with Crippen molar-refractivity contribution in [3.05, 3.63) is 35.9 Å². The molecule has 1 heterocycles. The highest BCUT2D eigenvalue weighted by Gasteiger charge is 2.04. The Hall–Kier alpha value is -1.77. The van der Waals surface area contributed by atoms with Crippen LogP contribution in [0.1, 0.15) is 32.3 Å². The lowest BCUT2D eigenvalue weighted by Crippen LogP contribution is -1.95. The van der Waals surface area contributed by atoms with E-state index in [1.165, 1.54) is 11.1 Å². The lowest BCUT2D eigenvalue weighted by atomic mass is 10.0. The molecule has 2 aromatic rings. The quantitative estimate of drug-likeness (QED) is 0.840. The van der Waals surface area contributed by atoms with Crippen LogP contribution >= 0.6 is 0 Å². The maximum absolute atomic E-state index is 4.20. The van der Waals surface area contributed by atoms with Gasteiger partial charge in [-0.1, -0.05) is 38.1 Å². The maximum atomic E-state index is 4.20. The monoisotopic (exact) mass is 229 g/mol. The molecule has 0 bridgehead atoms. The number of hydrogen-bond donors (Lipinski definition) is 2. The minimum atomic E-state index is 0.572. The Morgan fingerprint density at radius 1 is 1.24 bits per heavy atom. The summed E-state index contributed by atoms with van der Waals surface area (Å²) in [5.74, 6) is 1.47. The van der Waals surface area contributed by atoms with Gasteiger partial charge in [-0.25, -0.2) is 0 Å². The highest BCUT2D eigenvalue weighted by atomic mass is 15.2. The van der Waals surface area contributed by atoms with Gasteiger partial charge in [-0.2, -0.15) is 5.10 Å². The predicted octanol–water partition coefficient (Wildman–Crippen LogP) is 3.63. The van der Waals surface area contributed by atoms with Gasteiger partial charge in [0.25, 0.3) is 0 Å². The zero-order valence-electron chi connectivity index (χ0n) is 10.6. The van der Waals surface area contributed by atoms with Crippen molar-refractivity contribution in [1.82, 2.24) is 10.2 Å². The second kappa shape index (κ2) is 5.04. The van der Waals surface area contributed by atoms with Crippen molar-refractivity contribution < 1.29 is 0 Å². The van der Waals surface area contributed by atoms with Crippen molar-refractivity contribution in [2.75, 3.05) is 11.9 Å². The van der Waals surface area contributed by atoms with Crippen LogP contribution in [0.3, 0.4) is 0 Å². The molecule has 0 amide bonds. The SMILES string of the molecule is CCNc1cc(-c2ccc(C(C)C)cc2)[nH]n1. The molecule has 0 saturated carbocycles. The van der Waals surface area contributed by atoms with E-state index >= 15 is 0 Å². The molecule has 1 aromatic carbocycles. The van der Waals surface area contributed by atoms with Crippen LogP contribution in [-0.4, -0.2) is 16.7 Å². The Morgan fingerprint density at radius 3 is 2.53 bits per heavy atom. The van der Waals surface area contributed by atoms with Gasteiger partial charge in [0.15, 0.2) is 0 Å². The van der Waals surface area contributed by atoms with Crippen LogP contribution in [0.2, 0.25) is 0 Å². The van der Waals surface area contributed by atoms with Crippen molar-refractivity contribution in [2.24, 2.45) is 0 Å². The standard InChI is InChI=1S/C14H19N3/c1-4-15-14-9-13(16-17-14)12-7-5-11(6-8-12)10(2)3/h5-10H,4H2,1-3H3,(H2,15,16,17). The minimum Gasteiger partial charge on any atom is -0.369 e. The first kappa shape index (κ1) is 11.7. The molecule has 0 spiro atoms. The fraction of sp³-hybridized carbons (Fsp3) is 0.357. The highest BCUT2D eigenvalue weighted by Crippen LogP contribution is 2.22. The maximum Gasteiger partial charge on any atom is 0.148 e. The van der Waals surface area contributed by atoms with Gasteiger partial charge in [-0.3, -0.25) is 5.10 Å². The molecule has 0 radical (unpaired) electrons. The Morgan fingerprint density at radius 2 is 1.94 bits per heavy atom. The van der Waals surface area contributed by atoms with E-state index in [2.05, 4.69) is 60.6 Å². The Balaban J connectivity index is 2.21. The predicted molar refractivity (Wildman–Crippen MR) is 72.3 cm³/mol. The van der Waals surface area contributed by atoms with Crippen molar-refractivity contribution in [1.29, 1.82) is 0 Å². The summed E-state index contributed by atoms with van der Waals surface area (Å²) in [7, 11) is 0. The number of rotatable bonds is 4. The van der Waals surface area contributed by atoms with Gasteiger partial charge in [-0.15, -0.1) is 0 Å². The first-order valence-corrected chi connectivity index (χ1v) is 6.10. The van der Waals surface area contributed by atoms with Crippen molar-refractivity contribution in [2.45, 2.75) is 26.7 Å². The number of hydrogen-bond acceptors (Lipinski definition) is 2. The van der Waals surface area contributed by atoms with E-state index in [0.29, 0.717) is 5.92 Å². The first-order chi connectivity index (χ1) is 8.20. The molecule has 0 unspecified atom stereocenters. The molecule has 2 N–H and O–H groups in total. The van der Waals surface area contributed by atoms with Gasteiger partial charge in [-0.05, 0) is 24.0 Å². The summed E-state index contributed by atoms with van der Waals surface area (Å²) in [5.41, 5.74) is 3.59. The molecule has 3 heteroatoms. The van der Waals surface area contributed by atoms with Crippen LogP contribution in [0.15, 0.2) is 30.3 Å². The second-order valence-electron chi connectivity index (χ2n) is 4.47. The lowest BCUT2D eigenvalue weighted by Gasteiger charge is -2.05. The summed E-state index contributed by atoms with van der Waals surface area (Å²) in [6.45, 7) is 7.35. The summed E-state index contributed by atoms with van der Waals surface area (Å²) in [5, 5.41) is 10.4. The molecule has 0 fully saturated rings. The lowest BCUT2D eigenvalue weighted by molar-refractivity contribution is 0.867. The molecule has 0 saturated heterocycles. The topological polar surface area (TPSA) is 40.7 Å². The molecule has 3 nitrogen and oxygen atoms in total. The van der Waals surface area contributed by atoms with Crippen LogP contribution in [0.4, 0.5) is 5.82 Å². The average Bonchev–Trinajstić information content (AvgIpc) is 2.78. The summed E-state index contributed by atoms with van der Waals surface area (Å²) < 4.78 is 0. The van der Waals surface area contributed by atoms with Crippen LogP contribution in [0, 0.1) is 0 Å². The molecular formula is C14H19N3. The fourth-order valence-electron chi connectivity index (χ4n) is 1.79. The highest BCUT2D eigenvalue weighted by molar-refractivity contribution is 5.63. The van der Waals surface area contributed by atoms with Crippen molar-refractivity contribution >= 4 is 5.82 Å².